The molecule has 0 atom stereocenters. The summed E-state index contributed by atoms with van der Waals surface area (Å²) < 4.78 is 40.7. The standard InChI is InChI=1S/C16H10F3NO/c17-12-2-4-15-10(7-12)5-6-20(15)9-16(21)11-1-3-13(18)14(19)8-11/h1-8H,9H2. The molecular formula is C16H10F3NO. The highest BCUT2D eigenvalue weighted by molar-refractivity contribution is 5.96. The summed E-state index contributed by atoms with van der Waals surface area (Å²) >= 11 is 0. The molecule has 2 aromatic carbocycles. The van der Waals surface area contributed by atoms with E-state index in [0.29, 0.717) is 10.9 Å². The van der Waals surface area contributed by atoms with Crippen LogP contribution in [0, 0.1) is 17.5 Å². The van der Waals surface area contributed by atoms with E-state index in [0.717, 1.165) is 12.1 Å². The van der Waals surface area contributed by atoms with Crippen molar-refractivity contribution in [1.82, 2.24) is 4.57 Å². The summed E-state index contributed by atoms with van der Waals surface area (Å²) in [5.41, 5.74) is 0.796. The summed E-state index contributed by atoms with van der Waals surface area (Å²) in [7, 11) is 0. The number of carbonyl (C=O) groups is 1. The van der Waals surface area contributed by atoms with Crippen molar-refractivity contribution in [1.29, 1.82) is 0 Å². The zero-order valence-corrected chi connectivity index (χ0v) is 10.8. The number of benzene rings is 2. The second kappa shape index (κ2) is 5.09. The molecule has 3 aromatic rings. The van der Waals surface area contributed by atoms with Crippen LogP contribution >= 0.6 is 0 Å². The Bertz CT molecular complexity index is 839. The van der Waals surface area contributed by atoms with Gasteiger partial charge in [0.05, 0.1) is 6.54 Å². The van der Waals surface area contributed by atoms with Gasteiger partial charge in [-0.05, 0) is 42.5 Å². The van der Waals surface area contributed by atoms with E-state index in [4.69, 9.17) is 0 Å². The Kier molecular flexibility index (Phi) is 3.25. The first-order chi connectivity index (χ1) is 10.0. The van der Waals surface area contributed by atoms with Crippen LogP contribution in [0.5, 0.6) is 0 Å². The molecule has 0 spiro atoms. The highest BCUT2D eigenvalue weighted by Crippen LogP contribution is 2.18. The third-order valence-electron chi connectivity index (χ3n) is 3.29. The van der Waals surface area contributed by atoms with Gasteiger partial charge in [0.15, 0.2) is 17.4 Å². The second-order valence-corrected chi connectivity index (χ2v) is 4.70. The molecule has 0 radical (unpaired) electrons. The number of fused-ring (bicyclic) bond motifs is 1. The van der Waals surface area contributed by atoms with Gasteiger partial charge in [-0.25, -0.2) is 13.2 Å². The van der Waals surface area contributed by atoms with Crippen LogP contribution in [0.25, 0.3) is 10.9 Å². The van der Waals surface area contributed by atoms with E-state index in [1.807, 2.05) is 0 Å². The van der Waals surface area contributed by atoms with E-state index in [1.54, 1.807) is 22.9 Å². The molecule has 106 valence electrons. The predicted octanol–water partition coefficient (Wildman–Crippen LogP) is 3.94. The fourth-order valence-corrected chi connectivity index (χ4v) is 2.22. The van der Waals surface area contributed by atoms with Crippen molar-refractivity contribution in [2.24, 2.45) is 0 Å². The number of ketones is 1. The second-order valence-electron chi connectivity index (χ2n) is 4.70. The first-order valence-corrected chi connectivity index (χ1v) is 6.27. The number of hydrogen-bond acceptors (Lipinski definition) is 1. The Labute approximate surface area is 118 Å². The zero-order valence-electron chi connectivity index (χ0n) is 10.8. The molecule has 0 bridgehead atoms. The minimum absolute atomic E-state index is 0.0276. The Hall–Kier alpha value is -2.56. The molecule has 0 N–H and O–H groups in total. The van der Waals surface area contributed by atoms with Crippen molar-refractivity contribution in [3.63, 3.8) is 0 Å². The summed E-state index contributed by atoms with van der Waals surface area (Å²) in [4.78, 5) is 12.1. The fraction of sp³-hybridized carbons (Fsp3) is 0.0625. The maximum Gasteiger partial charge on any atom is 0.182 e. The zero-order chi connectivity index (χ0) is 15.0. The molecule has 0 aliphatic heterocycles. The Morgan fingerprint density at radius 2 is 1.76 bits per heavy atom. The van der Waals surface area contributed by atoms with E-state index in [2.05, 4.69) is 0 Å². The minimum atomic E-state index is -1.06. The largest absolute Gasteiger partial charge is 0.340 e. The molecule has 21 heavy (non-hydrogen) atoms. The molecule has 1 heterocycles. The minimum Gasteiger partial charge on any atom is -0.340 e. The molecule has 0 saturated carbocycles. The number of hydrogen-bond donors (Lipinski definition) is 0. The van der Waals surface area contributed by atoms with Crippen LogP contribution in [0.3, 0.4) is 0 Å². The van der Waals surface area contributed by atoms with Crippen molar-refractivity contribution in [3.8, 4) is 0 Å². The Morgan fingerprint density at radius 1 is 0.952 bits per heavy atom. The maximum absolute atomic E-state index is 13.1. The highest BCUT2D eigenvalue weighted by atomic mass is 19.2. The predicted molar refractivity (Wildman–Crippen MR) is 72.6 cm³/mol. The van der Waals surface area contributed by atoms with Crippen LogP contribution in [-0.4, -0.2) is 10.4 Å². The van der Waals surface area contributed by atoms with E-state index in [9.17, 15) is 18.0 Å². The topological polar surface area (TPSA) is 22.0 Å². The van der Waals surface area contributed by atoms with Crippen LogP contribution in [0.15, 0.2) is 48.7 Å². The summed E-state index contributed by atoms with van der Waals surface area (Å²) in [6.45, 7) is -0.0276. The van der Waals surface area contributed by atoms with Gasteiger partial charge in [-0.15, -0.1) is 0 Å². The number of aromatic nitrogens is 1. The van der Waals surface area contributed by atoms with Crippen molar-refractivity contribution in [2.45, 2.75) is 6.54 Å². The van der Waals surface area contributed by atoms with E-state index < -0.39 is 11.6 Å². The van der Waals surface area contributed by atoms with Gasteiger partial charge in [-0.2, -0.15) is 0 Å². The lowest BCUT2D eigenvalue weighted by molar-refractivity contribution is 0.0973. The molecule has 0 fully saturated rings. The first-order valence-electron chi connectivity index (χ1n) is 6.27. The lowest BCUT2D eigenvalue weighted by Gasteiger charge is -2.05. The third kappa shape index (κ3) is 2.54. The van der Waals surface area contributed by atoms with E-state index in [-0.39, 0.29) is 23.7 Å². The van der Waals surface area contributed by atoms with Gasteiger partial charge < -0.3 is 4.57 Å². The molecule has 0 unspecified atom stereocenters. The van der Waals surface area contributed by atoms with Gasteiger partial charge in [0.25, 0.3) is 0 Å². The monoisotopic (exact) mass is 289 g/mol. The number of rotatable bonds is 3. The van der Waals surface area contributed by atoms with Crippen molar-refractivity contribution in [3.05, 3.63) is 71.7 Å². The van der Waals surface area contributed by atoms with Gasteiger partial charge in [0.2, 0.25) is 0 Å². The average Bonchev–Trinajstić information content (AvgIpc) is 2.84. The molecule has 0 amide bonds. The lowest BCUT2D eigenvalue weighted by atomic mass is 10.1. The quantitative estimate of drug-likeness (QED) is 0.669. The van der Waals surface area contributed by atoms with E-state index in [1.165, 1.54) is 18.2 Å². The van der Waals surface area contributed by atoms with Crippen LogP contribution < -0.4 is 0 Å². The lowest BCUT2D eigenvalue weighted by Crippen LogP contribution is -2.10. The number of carbonyl (C=O) groups excluding carboxylic acids is 1. The summed E-state index contributed by atoms with van der Waals surface area (Å²) in [6, 6.07) is 8.98. The first kappa shape index (κ1) is 13.4. The van der Waals surface area contributed by atoms with E-state index >= 15 is 0 Å². The SMILES string of the molecule is O=C(Cn1ccc2cc(F)ccc21)c1ccc(F)c(F)c1. The molecule has 0 aliphatic rings. The third-order valence-corrected chi connectivity index (χ3v) is 3.29. The molecule has 0 saturated heterocycles. The fourth-order valence-electron chi connectivity index (χ4n) is 2.22. The Balaban J connectivity index is 1.91. The van der Waals surface area contributed by atoms with Gasteiger partial charge >= 0.3 is 0 Å². The molecule has 3 rings (SSSR count). The van der Waals surface area contributed by atoms with Crippen molar-refractivity contribution < 1.29 is 18.0 Å². The summed E-state index contributed by atoms with van der Waals surface area (Å²) in [5.74, 6) is -2.75. The van der Waals surface area contributed by atoms with Crippen LogP contribution in [0.4, 0.5) is 13.2 Å². The summed E-state index contributed by atoms with van der Waals surface area (Å²) in [6.07, 6.45) is 1.65. The van der Waals surface area contributed by atoms with Gasteiger partial charge in [0.1, 0.15) is 5.82 Å². The van der Waals surface area contributed by atoms with Crippen LogP contribution in [0.2, 0.25) is 0 Å². The molecule has 1 aromatic heterocycles. The van der Waals surface area contributed by atoms with Crippen molar-refractivity contribution >= 4 is 16.7 Å². The smallest absolute Gasteiger partial charge is 0.182 e. The van der Waals surface area contributed by atoms with Crippen molar-refractivity contribution in [2.75, 3.05) is 0 Å². The number of Topliss-reactive ketones (excluding diaryl/α,β-unsaturated/α-hetero) is 1. The molecule has 5 heteroatoms. The van der Waals surface area contributed by atoms with Crippen LogP contribution in [0.1, 0.15) is 10.4 Å². The van der Waals surface area contributed by atoms with Gasteiger partial charge in [-0.1, -0.05) is 0 Å². The van der Waals surface area contributed by atoms with Crippen LogP contribution in [-0.2, 0) is 6.54 Å². The summed E-state index contributed by atoms with van der Waals surface area (Å²) in [5, 5.41) is 0.674. The number of nitrogens with zero attached hydrogens (tertiary/aromatic N) is 1. The Morgan fingerprint density at radius 3 is 2.52 bits per heavy atom. The van der Waals surface area contributed by atoms with Gasteiger partial charge in [-0.3, -0.25) is 4.79 Å². The number of halogens is 3. The molecule has 2 nitrogen and oxygen atoms in total. The van der Waals surface area contributed by atoms with Gasteiger partial charge in [0, 0.05) is 22.7 Å². The molecule has 0 aliphatic carbocycles. The molecular weight excluding hydrogens is 279 g/mol. The maximum atomic E-state index is 13.1. The highest BCUT2D eigenvalue weighted by Gasteiger charge is 2.12. The average molecular weight is 289 g/mol. The normalized spacial score (nSPS) is 11.0.